The van der Waals surface area contributed by atoms with Gasteiger partial charge >= 0.3 is 0 Å². The molecule has 1 heterocycles. The lowest BCUT2D eigenvalue weighted by atomic mass is 10.2. The Hall–Kier alpha value is -1.30. The summed E-state index contributed by atoms with van der Waals surface area (Å²) in [5.41, 5.74) is 6.54. The SMILES string of the molecule is CC(C)N(CC/C(N)=N/O)c1ccncc1Br. The zero-order valence-corrected chi connectivity index (χ0v) is 11.6. The van der Waals surface area contributed by atoms with Crippen molar-refractivity contribution in [3.8, 4) is 0 Å². The molecule has 0 saturated heterocycles. The molecule has 0 aliphatic heterocycles. The Kier molecular flexibility index (Phi) is 5.21. The van der Waals surface area contributed by atoms with E-state index in [1.54, 1.807) is 12.4 Å². The lowest BCUT2D eigenvalue weighted by molar-refractivity contribution is 0.317. The molecule has 0 aliphatic rings. The van der Waals surface area contributed by atoms with Crippen LogP contribution in [0.25, 0.3) is 0 Å². The zero-order chi connectivity index (χ0) is 12.8. The predicted molar refractivity (Wildman–Crippen MR) is 72.4 cm³/mol. The van der Waals surface area contributed by atoms with E-state index in [0.29, 0.717) is 19.0 Å². The maximum atomic E-state index is 8.54. The Labute approximate surface area is 109 Å². The molecule has 0 aromatic carbocycles. The third-order valence-corrected chi connectivity index (χ3v) is 3.03. The van der Waals surface area contributed by atoms with E-state index < -0.39 is 0 Å². The normalized spacial score (nSPS) is 11.9. The lowest BCUT2D eigenvalue weighted by Gasteiger charge is -2.29. The first-order valence-electron chi connectivity index (χ1n) is 5.38. The monoisotopic (exact) mass is 300 g/mol. The van der Waals surface area contributed by atoms with Crippen LogP contribution in [0.1, 0.15) is 20.3 Å². The molecule has 0 amide bonds. The summed E-state index contributed by atoms with van der Waals surface area (Å²) in [6, 6.07) is 2.26. The van der Waals surface area contributed by atoms with Gasteiger partial charge in [-0.25, -0.2) is 0 Å². The molecule has 0 radical (unpaired) electrons. The summed E-state index contributed by atoms with van der Waals surface area (Å²) < 4.78 is 0.938. The Balaban J connectivity index is 2.83. The van der Waals surface area contributed by atoms with Gasteiger partial charge in [0.1, 0.15) is 5.84 Å². The van der Waals surface area contributed by atoms with Crippen molar-refractivity contribution >= 4 is 27.5 Å². The number of anilines is 1. The van der Waals surface area contributed by atoms with Crippen LogP contribution in [0.3, 0.4) is 0 Å². The highest BCUT2D eigenvalue weighted by atomic mass is 79.9. The van der Waals surface area contributed by atoms with Crippen LogP contribution in [0.4, 0.5) is 5.69 Å². The molecule has 17 heavy (non-hydrogen) atoms. The van der Waals surface area contributed by atoms with Gasteiger partial charge in [-0.1, -0.05) is 5.16 Å². The molecule has 0 spiro atoms. The molecule has 1 rings (SSSR count). The second kappa shape index (κ2) is 6.44. The second-order valence-electron chi connectivity index (χ2n) is 3.96. The largest absolute Gasteiger partial charge is 0.409 e. The summed E-state index contributed by atoms with van der Waals surface area (Å²) in [4.78, 5) is 6.21. The minimum atomic E-state index is 0.237. The molecule has 1 aromatic heterocycles. The molecule has 3 N–H and O–H groups in total. The van der Waals surface area contributed by atoms with Crippen LogP contribution in [-0.4, -0.2) is 28.6 Å². The molecular weight excluding hydrogens is 284 g/mol. The second-order valence-corrected chi connectivity index (χ2v) is 4.81. The maximum Gasteiger partial charge on any atom is 0.140 e. The van der Waals surface area contributed by atoms with Gasteiger partial charge in [0.25, 0.3) is 0 Å². The number of rotatable bonds is 5. The fourth-order valence-electron chi connectivity index (χ4n) is 1.54. The van der Waals surface area contributed by atoms with Crippen LogP contribution in [0.5, 0.6) is 0 Å². The molecule has 1 aromatic rings. The van der Waals surface area contributed by atoms with Gasteiger partial charge in [-0.15, -0.1) is 0 Å². The quantitative estimate of drug-likeness (QED) is 0.378. The highest BCUT2D eigenvalue weighted by Gasteiger charge is 2.13. The highest BCUT2D eigenvalue weighted by Crippen LogP contribution is 2.26. The Morgan fingerprint density at radius 1 is 1.65 bits per heavy atom. The number of oxime groups is 1. The molecule has 0 saturated carbocycles. The van der Waals surface area contributed by atoms with E-state index in [0.717, 1.165) is 10.2 Å². The molecular formula is C11H17BrN4O. The minimum Gasteiger partial charge on any atom is -0.409 e. The number of nitrogens with zero attached hydrogens (tertiary/aromatic N) is 3. The van der Waals surface area contributed by atoms with Gasteiger partial charge in [0.2, 0.25) is 0 Å². The summed E-state index contributed by atoms with van der Waals surface area (Å²) in [6.45, 7) is 4.88. The minimum absolute atomic E-state index is 0.237. The van der Waals surface area contributed by atoms with E-state index in [-0.39, 0.29) is 5.84 Å². The van der Waals surface area contributed by atoms with E-state index >= 15 is 0 Å². The van der Waals surface area contributed by atoms with Crippen LogP contribution in [-0.2, 0) is 0 Å². The van der Waals surface area contributed by atoms with Crippen LogP contribution in [0, 0.1) is 0 Å². The van der Waals surface area contributed by atoms with Crippen molar-refractivity contribution in [3.63, 3.8) is 0 Å². The van der Waals surface area contributed by atoms with Gasteiger partial charge in [0.05, 0.1) is 10.2 Å². The molecule has 94 valence electrons. The predicted octanol–water partition coefficient (Wildman–Crippen LogP) is 2.20. The van der Waals surface area contributed by atoms with Crippen molar-refractivity contribution in [3.05, 3.63) is 22.9 Å². The van der Waals surface area contributed by atoms with Crippen LogP contribution >= 0.6 is 15.9 Å². The average molecular weight is 301 g/mol. The summed E-state index contributed by atoms with van der Waals surface area (Å²) in [7, 11) is 0. The Morgan fingerprint density at radius 2 is 2.35 bits per heavy atom. The van der Waals surface area contributed by atoms with Crippen molar-refractivity contribution < 1.29 is 5.21 Å². The van der Waals surface area contributed by atoms with Crippen molar-refractivity contribution in [2.45, 2.75) is 26.3 Å². The van der Waals surface area contributed by atoms with Crippen LogP contribution < -0.4 is 10.6 Å². The molecule has 6 heteroatoms. The van der Waals surface area contributed by atoms with Gasteiger partial charge < -0.3 is 15.8 Å². The molecule has 0 bridgehead atoms. The summed E-state index contributed by atoms with van der Waals surface area (Å²) in [5, 5.41) is 11.5. The summed E-state index contributed by atoms with van der Waals surface area (Å²) >= 11 is 3.47. The Morgan fingerprint density at radius 3 is 2.88 bits per heavy atom. The standard InChI is InChI=1S/C11H17BrN4O/c1-8(2)16(6-4-11(13)15-17)10-3-5-14-7-9(10)12/h3,5,7-8,17H,4,6H2,1-2H3,(H2,13,15). The van der Waals surface area contributed by atoms with Gasteiger partial charge in [0, 0.05) is 31.4 Å². The third-order valence-electron chi connectivity index (χ3n) is 2.42. The van der Waals surface area contributed by atoms with E-state index in [4.69, 9.17) is 10.9 Å². The molecule has 0 aliphatic carbocycles. The number of aromatic nitrogens is 1. The number of hydrogen-bond donors (Lipinski definition) is 2. The first kappa shape index (κ1) is 13.8. The lowest BCUT2D eigenvalue weighted by Crippen LogP contribution is -2.34. The smallest absolute Gasteiger partial charge is 0.140 e. The molecule has 0 unspecified atom stereocenters. The summed E-state index contributed by atoms with van der Waals surface area (Å²) in [6.07, 6.45) is 4.02. The topological polar surface area (TPSA) is 74.7 Å². The number of halogens is 1. The van der Waals surface area contributed by atoms with E-state index in [2.05, 4.69) is 44.8 Å². The van der Waals surface area contributed by atoms with Gasteiger partial charge in [-0.05, 0) is 35.8 Å². The number of pyridine rings is 1. The van der Waals surface area contributed by atoms with Crippen molar-refractivity contribution in [2.24, 2.45) is 10.9 Å². The van der Waals surface area contributed by atoms with Crippen LogP contribution in [0.2, 0.25) is 0 Å². The van der Waals surface area contributed by atoms with Crippen molar-refractivity contribution in [1.29, 1.82) is 0 Å². The number of nitrogens with two attached hydrogens (primary N) is 1. The fraction of sp³-hybridized carbons (Fsp3) is 0.455. The molecule has 0 atom stereocenters. The van der Waals surface area contributed by atoms with Crippen molar-refractivity contribution in [2.75, 3.05) is 11.4 Å². The average Bonchev–Trinajstić information content (AvgIpc) is 2.30. The van der Waals surface area contributed by atoms with E-state index in [9.17, 15) is 0 Å². The fourth-order valence-corrected chi connectivity index (χ4v) is 2.02. The number of amidine groups is 1. The number of hydrogen-bond acceptors (Lipinski definition) is 4. The van der Waals surface area contributed by atoms with E-state index in [1.807, 2.05) is 6.07 Å². The molecule has 5 nitrogen and oxygen atoms in total. The first-order valence-corrected chi connectivity index (χ1v) is 6.18. The highest BCUT2D eigenvalue weighted by molar-refractivity contribution is 9.10. The van der Waals surface area contributed by atoms with Crippen molar-refractivity contribution in [1.82, 2.24) is 4.98 Å². The van der Waals surface area contributed by atoms with Gasteiger partial charge in [0.15, 0.2) is 0 Å². The maximum absolute atomic E-state index is 8.54. The van der Waals surface area contributed by atoms with E-state index in [1.165, 1.54) is 0 Å². The summed E-state index contributed by atoms with van der Waals surface area (Å²) in [5.74, 6) is 0.237. The van der Waals surface area contributed by atoms with Gasteiger partial charge in [-0.3, -0.25) is 4.98 Å². The molecule has 0 fully saturated rings. The van der Waals surface area contributed by atoms with Gasteiger partial charge in [-0.2, -0.15) is 0 Å². The van der Waals surface area contributed by atoms with Crippen LogP contribution in [0.15, 0.2) is 28.1 Å². The third kappa shape index (κ3) is 3.89. The Bertz CT molecular complexity index is 395. The first-order chi connectivity index (χ1) is 8.06. The zero-order valence-electron chi connectivity index (χ0n) is 9.97.